The molecule has 5 nitrogen and oxygen atoms in total. The summed E-state index contributed by atoms with van der Waals surface area (Å²) in [5, 5.41) is 6.69. The molecule has 0 fully saturated rings. The molecule has 0 aliphatic carbocycles. The summed E-state index contributed by atoms with van der Waals surface area (Å²) in [7, 11) is 1.73. The van der Waals surface area contributed by atoms with E-state index in [4.69, 9.17) is 4.42 Å². The summed E-state index contributed by atoms with van der Waals surface area (Å²) in [4.78, 5) is 11.7. The topological polar surface area (TPSA) is 60.1 Å². The highest BCUT2D eigenvalue weighted by molar-refractivity contribution is 5.92. The van der Waals surface area contributed by atoms with E-state index < -0.39 is 0 Å². The Morgan fingerprint density at radius 2 is 2.31 bits per heavy atom. The molecule has 0 radical (unpaired) electrons. The molecule has 2 aromatic heterocycles. The van der Waals surface area contributed by atoms with Gasteiger partial charge in [0.15, 0.2) is 0 Å². The normalized spacial score (nSPS) is 10.4. The number of hydrogen-bond acceptors (Lipinski definition) is 3. The molecule has 1 amide bonds. The molecule has 5 heteroatoms. The van der Waals surface area contributed by atoms with E-state index in [0.29, 0.717) is 12.2 Å². The Kier molecular flexibility index (Phi) is 2.76. The molecule has 16 heavy (non-hydrogen) atoms. The van der Waals surface area contributed by atoms with Crippen LogP contribution in [0, 0.1) is 6.92 Å². The number of carbonyl (C=O) groups excluding carboxylic acids is 1. The van der Waals surface area contributed by atoms with Crippen LogP contribution in [0.4, 0.5) is 0 Å². The van der Waals surface area contributed by atoms with Crippen LogP contribution in [-0.4, -0.2) is 15.7 Å². The molecule has 2 rings (SSSR count). The van der Waals surface area contributed by atoms with Gasteiger partial charge < -0.3 is 9.73 Å². The molecular formula is C11H13N3O2. The summed E-state index contributed by atoms with van der Waals surface area (Å²) in [6, 6.07) is 5.38. The van der Waals surface area contributed by atoms with Gasteiger partial charge in [-0.1, -0.05) is 0 Å². The molecule has 0 aromatic carbocycles. The van der Waals surface area contributed by atoms with Crippen molar-refractivity contribution in [2.75, 3.05) is 0 Å². The molecule has 0 saturated carbocycles. The second-order valence-electron chi connectivity index (χ2n) is 3.54. The molecule has 2 heterocycles. The first-order chi connectivity index (χ1) is 7.66. The van der Waals surface area contributed by atoms with Crippen molar-refractivity contribution in [1.29, 1.82) is 0 Å². The van der Waals surface area contributed by atoms with Crippen molar-refractivity contribution in [1.82, 2.24) is 15.1 Å². The summed E-state index contributed by atoms with van der Waals surface area (Å²) in [6.07, 6.45) is 1.59. The van der Waals surface area contributed by atoms with Gasteiger partial charge in [-0.15, -0.1) is 0 Å². The minimum absolute atomic E-state index is 0.158. The number of nitrogens with zero attached hydrogens (tertiary/aromatic N) is 2. The SMILES string of the molecule is Cc1ccc(CNC(=O)c2ccnn2C)o1. The van der Waals surface area contributed by atoms with Crippen LogP contribution in [0.2, 0.25) is 0 Å². The van der Waals surface area contributed by atoms with Gasteiger partial charge in [0.05, 0.1) is 6.54 Å². The first kappa shape index (κ1) is 10.5. The minimum Gasteiger partial charge on any atom is -0.465 e. The van der Waals surface area contributed by atoms with E-state index in [2.05, 4.69) is 10.4 Å². The average molecular weight is 219 g/mol. The fourth-order valence-corrected chi connectivity index (χ4v) is 1.43. The van der Waals surface area contributed by atoms with E-state index in [1.807, 2.05) is 19.1 Å². The molecule has 2 aromatic rings. The summed E-state index contributed by atoms with van der Waals surface area (Å²) in [5.74, 6) is 1.42. The van der Waals surface area contributed by atoms with E-state index in [0.717, 1.165) is 11.5 Å². The van der Waals surface area contributed by atoms with Crippen LogP contribution in [-0.2, 0) is 13.6 Å². The molecule has 0 spiro atoms. The smallest absolute Gasteiger partial charge is 0.269 e. The maximum atomic E-state index is 11.7. The Morgan fingerprint density at radius 3 is 2.88 bits per heavy atom. The lowest BCUT2D eigenvalue weighted by Gasteiger charge is -2.03. The summed E-state index contributed by atoms with van der Waals surface area (Å²) in [5.41, 5.74) is 0.531. The maximum absolute atomic E-state index is 11.7. The second kappa shape index (κ2) is 4.22. The van der Waals surface area contributed by atoms with Crippen molar-refractivity contribution < 1.29 is 9.21 Å². The van der Waals surface area contributed by atoms with Gasteiger partial charge >= 0.3 is 0 Å². The third kappa shape index (κ3) is 2.13. The van der Waals surface area contributed by atoms with Gasteiger partial charge in [0.2, 0.25) is 0 Å². The fraction of sp³-hybridized carbons (Fsp3) is 0.273. The van der Waals surface area contributed by atoms with E-state index in [1.54, 1.807) is 19.3 Å². The first-order valence-electron chi connectivity index (χ1n) is 4.98. The molecule has 0 saturated heterocycles. The fourth-order valence-electron chi connectivity index (χ4n) is 1.43. The predicted octanol–water partition coefficient (Wildman–Crippen LogP) is 1.25. The van der Waals surface area contributed by atoms with Gasteiger partial charge in [-0.25, -0.2) is 0 Å². The van der Waals surface area contributed by atoms with Crippen LogP contribution in [0.3, 0.4) is 0 Å². The summed E-state index contributed by atoms with van der Waals surface area (Å²) < 4.78 is 6.87. The summed E-state index contributed by atoms with van der Waals surface area (Å²) >= 11 is 0. The number of nitrogens with one attached hydrogen (secondary N) is 1. The van der Waals surface area contributed by atoms with E-state index >= 15 is 0 Å². The highest BCUT2D eigenvalue weighted by atomic mass is 16.3. The van der Waals surface area contributed by atoms with Crippen molar-refractivity contribution in [3.8, 4) is 0 Å². The third-order valence-electron chi connectivity index (χ3n) is 2.27. The zero-order valence-corrected chi connectivity index (χ0v) is 9.23. The molecule has 84 valence electrons. The molecule has 0 bridgehead atoms. The Hall–Kier alpha value is -2.04. The van der Waals surface area contributed by atoms with Crippen LogP contribution >= 0.6 is 0 Å². The van der Waals surface area contributed by atoms with Crippen molar-refractivity contribution in [2.24, 2.45) is 7.05 Å². The Labute approximate surface area is 93.1 Å². The number of carbonyl (C=O) groups is 1. The summed E-state index contributed by atoms with van der Waals surface area (Å²) in [6.45, 7) is 2.25. The largest absolute Gasteiger partial charge is 0.465 e. The van der Waals surface area contributed by atoms with Gasteiger partial charge in [-0.3, -0.25) is 9.48 Å². The Balaban J connectivity index is 1.96. The van der Waals surface area contributed by atoms with E-state index in [-0.39, 0.29) is 5.91 Å². The van der Waals surface area contributed by atoms with Gasteiger partial charge in [-0.2, -0.15) is 5.10 Å². The molecule has 1 N–H and O–H groups in total. The number of aryl methyl sites for hydroxylation is 2. The van der Waals surface area contributed by atoms with Crippen LogP contribution in [0.1, 0.15) is 22.0 Å². The monoisotopic (exact) mass is 219 g/mol. The number of rotatable bonds is 3. The predicted molar refractivity (Wildman–Crippen MR) is 57.8 cm³/mol. The van der Waals surface area contributed by atoms with Crippen LogP contribution in [0.5, 0.6) is 0 Å². The second-order valence-corrected chi connectivity index (χ2v) is 3.54. The highest BCUT2D eigenvalue weighted by Gasteiger charge is 2.09. The van der Waals surface area contributed by atoms with E-state index in [1.165, 1.54) is 4.68 Å². The van der Waals surface area contributed by atoms with Gasteiger partial charge in [0.25, 0.3) is 5.91 Å². The van der Waals surface area contributed by atoms with Gasteiger partial charge in [0, 0.05) is 13.2 Å². The van der Waals surface area contributed by atoms with Crippen LogP contribution < -0.4 is 5.32 Å². The minimum atomic E-state index is -0.158. The number of hydrogen-bond donors (Lipinski definition) is 1. The van der Waals surface area contributed by atoms with Crippen LogP contribution in [0.25, 0.3) is 0 Å². The Bertz CT molecular complexity index is 499. The van der Waals surface area contributed by atoms with Crippen molar-refractivity contribution >= 4 is 5.91 Å². The van der Waals surface area contributed by atoms with Crippen molar-refractivity contribution in [3.63, 3.8) is 0 Å². The molecule has 0 unspecified atom stereocenters. The third-order valence-corrected chi connectivity index (χ3v) is 2.27. The van der Waals surface area contributed by atoms with Gasteiger partial charge in [0.1, 0.15) is 17.2 Å². The van der Waals surface area contributed by atoms with E-state index in [9.17, 15) is 4.79 Å². The Morgan fingerprint density at radius 1 is 1.50 bits per heavy atom. The lowest BCUT2D eigenvalue weighted by Crippen LogP contribution is -2.24. The number of amides is 1. The average Bonchev–Trinajstić information content (AvgIpc) is 2.84. The number of furan rings is 1. The standard InChI is InChI=1S/C11H13N3O2/c1-8-3-4-9(16-8)7-12-11(15)10-5-6-13-14(10)2/h3-6H,7H2,1-2H3,(H,12,15). The zero-order valence-electron chi connectivity index (χ0n) is 9.23. The maximum Gasteiger partial charge on any atom is 0.269 e. The molecule has 0 aliphatic rings. The van der Waals surface area contributed by atoms with Crippen molar-refractivity contribution in [3.05, 3.63) is 41.6 Å². The first-order valence-corrected chi connectivity index (χ1v) is 4.98. The zero-order chi connectivity index (χ0) is 11.5. The molecule has 0 atom stereocenters. The highest BCUT2D eigenvalue weighted by Crippen LogP contribution is 2.06. The number of aromatic nitrogens is 2. The lowest BCUT2D eigenvalue weighted by atomic mass is 10.3. The van der Waals surface area contributed by atoms with Crippen molar-refractivity contribution in [2.45, 2.75) is 13.5 Å². The molecular weight excluding hydrogens is 206 g/mol. The van der Waals surface area contributed by atoms with Gasteiger partial charge in [-0.05, 0) is 25.1 Å². The quantitative estimate of drug-likeness (QED) is 0.845. The lowest BCUT2D eigenvalue weighted by molar-refractivity contribution is 0.0938. The van der Waals surface area contributed by atoms with Crippen LogP contribution in [0.15, 0.2) is 28.8 Å². The molecule has 0 aliphatic heterocycles.